The van der Waals surface area contributed by atoms with Crippen LogP contribution in [0.2, 0.25) is 0 Å². The molecule has 2 aromatic carbocycles. The number of nitrogens with one attached hydrogen (secondary N) is 1. The Hall–Kier alpha value is -2.62. The van der Waals surface area contributed by atoms with Crippen molar-refractivity contribution in [2.45, 2.75) is 39.3 Å². The van der Waals surface area contributed by atoms with Crippen LogP contribution in [0.1, 0.15) is 38.1 Å². The molecule has 0 aliphatic heterocycles. The lowest BCUT2D eigenvalue weighted by atomic mass is 10.0. The molecule has 4 nitrogen and oxygen atoms in total. The van der Waals surface area contributed by atoms with E-state index >= 15 is 0 Å². The quantitative estimate of drug-likeness (QED) is 0.845. The zero-order valence-electron chi connectivity index (χ0n) is 14.5. The topological polar surface area (TPSA) is 55.4 Å². The molecule has 0 heterocycles. The van der Waals surface area contributed by atoms with E-state index in [0.717, 1.165) is 11.1 Å². The molecule has 2 rings (SSSR count). The number of rotatable bonds is 4. The number of hydrogen-bond acceptors (Lipinski definition) is 3. The van der Waals surface area contributed by atoms with Crippen LogP contribution < -0.4 is 5.32 Å². The zero-order valence-corrected chi connectivity index (χ0v) is 14.5. The number of Topliss-reactive ketones (excluding diaryl/α,β-unsaturated/α-hetero) is 1. The molecule has 0 saturated heterocycles. The smallest absolute Gasteiger partial charge is 0.408 e. The van der Waals surface area contributed by atoms with Crippen LogP contribution in [-0.2, 0) is 4.74 Å². The highest BCUT2D eigenvalue weighted by Gasteiger charge is 2.21. The molecule has 0 radical (unpaired) electrons. The van der Waals surface area contributed by atoms with E-state index in [1.165, 1.54) is 0 Å². The van der Waals surface area contributed by atoms with Gasteiger partial charge in [0.25, 0.3) is 0 Å². The Morgan fingerprint density at radius 3 is 2.00 bits per heavy atom. The maximum absolute atomic E-state index is 12.4. The molecule has 126 valence electrons. The molecule has 1 amide bonds. The van der Waals surface area contributed by atoms with Crippen LogP contribution >= 0.6 is 0 Å². The number of alkyl carbamates (subject to hydrolysis) is 1. The predicted molar refractivity (Wildman–Crippen MR) is 95.0 cm³/mol. The van der Waals surface area contributed by atoms with Gasteiger partial charge in [0, 0.05) is 5.56 Å². The molecule has 1 N–H and O–H groups in total. The highest BCUT2D eigenvalue weighted by Crippen LogP contribution is 2.19. The third-order valence-corrected chi connectivity index (χ3v) is 3.40. The summed E-state index contributed by atoms with van der Waals surface area (Å²) >= 11 is 0. The highest BCUT2D eigenvalue weighted by atomic mass is 16.6. The van der Waals surface area contributed by atoms with Gasteiger partial charge in [0.05, 0.1) is 6.04 Å². The molecular weight excluding hydrogens is 302 g/mol. The Morgan fingerprint density at radius 2 is 1.46 bits per heavy atom. The number of ketones is 1. The Morgan fingerprint density at radius 1 is 0.917 bits per heavy atom. The van der Waals surface area contributed by atoms with Gasteiger partial charge in [-0.15, -0.1) is 0 Å². The van der Waals surface area contributed by atoms with E-state index in [4.69, 9.17) is 4.74 Å². The van der Waals surface area contributed by atoms with Crippen LogP contribution in [-0.4, -0.2) is 23.5 Å². The van der Waals surface area contributed by atoms with E-state index in [2.05, 4.69) is 5.32 Å². The van der Waals surface area contributed by atoms with Gasteiger partial charge >= 0.3 is 6.09 Å². The Balaban J connectivity index is 2.03. The summed E-state index contributed by atoms with van der Waals surface area (Å²) in [6.07, 6.45) is -0.593. The van der Waals surface area contributed by atoms with Crippen LogP contribution in [0.3, 0.4) is 0 Å². The van der Waals surface area contributed by atoms with Gasteiger partial charge in [0.1, 0.15) is 5.60 Å². The molecule has 0 spiro atoms. The lowest BCUT2D eigenvalue weighted by Crippen LogP contribution is -2.41. The molecule has 0 aromatic heterocycles. The monoisotopic (exact) mass is 325 g/mol. The predicted octanol–water partition coefficient (Wildman–Crippen LogP) is 4.45. The average molecular weight is 325 g/mol. The summed E-state index contributed by atoms with van der Waals surface area (Å²) in [5.74, 6) is -0.152. The van der Waals surface area contributed by atoms with Crippen LogP contribution in [0.4, 0.5) is 4.79 Å². The number of carbonyl (C=O) groups excluding carboxylic acids is 2. The standard InChI is InChI=1S/C20H23NO3/c1-14(21-19(23)24-20(2,3)4)18(22)17-12-10-16(11-13-17)15-8-6-5-7-9-15/h5-14H,1-4H3,(H,21,23). The summed E-state index contributed by atoms with van der Waals surface area (Å²) in [6, 6.07) is 16.7. The van der Waals surface area contributed by atoms with E-state index in [-0.39, 0.29) is 5.78 Å². The first-order valence-electron chi connectivity index (χ1n) is 7.95. The molecule has 24 heavy (non-hydrogen) atoms. The second-order valence-corrected chi connectivity index (χ2v) is 6.68. The first kappa shape index (κ1) is 17.7. The second-order valence-electron chi connectivity index (χ2n) is 6.68. The average Bonchev–Trinajstić information content (AvgIpc) is 2.53. The molecular formula is C20H23NO3. The van der Waals surface area contributed by atoms with Gasteiger partial charge in [-0.05, 0) is 38.8 Å². The maximum Gasteiger partial charge on any atom is 0.408 e. The van der Waals surface area contributed by atoms with Crippen molar-refractivity contribution in [2.24, 2.45) is 0 Å². The van der Waals surface area contributed by atoms with Gasteiger partial charge in [-0.3, -0.25) is 4.79 Å². The second kappa shape index (κ2) is 7.30. The number of hydrogen-bond donors (Lipinski definition) is 1. The summed E-state index contributed by atoms with van der Waals surface area (Å²) in [7, 11) is 0. The number of carbonyl (C=O) groups is 2. The van der Waals surface area contributed by atoms with Crippen molar-refractivity contribution in [3.05, 3.63) is 60.2 Å². The summed E-state index contributed by atoms with van der Waals surface area (Å²) in [4.78, 5) is 24.2. The lowest BCUT2D eigenvalue weighted by Gasteiger charge is -2.21. The van der Waals surface area contributed by atoms with E-state index in [0.29, 0.717) is 5.56 Å². The molecule has 0 fully saturated rings. The van der Waals surface area contributed by atoms with Crippen molar-refractivity contribution in [1.82, 2.24) is 5.32 Å². The lowest BCUT2D eigenvalue weighted by molar-refractivity contribution is 0.0497. The zero-order chi connectivity index (χ0) is 17.7. The molecule has 1 unspecified atom stereocenters. The van der Waals surface area contributed by atoms with Crippen molar-refractivity contribution in [2.75, 3.05) is 0 Å². The fourth-order valence-electron chi connectivity index (χ4n) is 2.26. The third-order valence-electron chi connectivity index (χ3n) is 3.40. The number of amides is 1. The fourth-order valence-corrected chi connectivity index (χ4v) is 2.26. The molecule has 1 atom stereocenters. The van der Waals surface area contributed by atoms with Crippen molar-refractivity contribution < 1.29 is 14.3 Å². The Bertz CT molecular complexity index is 700. The first-order valence-corrected chi connectivity index (χ1v) is 7.95. The van der Waals surface area contributed by atoms with Gasteiger partial charge in [-0.2, -0.15) is 0 Å². The van der Waals surface area contributed by atoms with Gasteiger partial charge in [-0.1, -0.05) is 54.6 Å². The van der Waals surface area contributed by atoms with E-state index in [1.807, 2.05) is 42.5 Å². The first-order chi connectivity index (χ1) is 11.3. The minimum Gasteiger partial charge on any atom is -0.444 e. The van der Waals surface area contributed by atoms with Crippen molar-refractivity contribution in [1.29, 1.82) is 0 Å². The number of benzene rings is 2. The van der Waals surface area contributed by atoms with Crippen molar-refractivity contribution >= 4 is 11.9 Å². The molecule has 0 aliphatic rings. The maximum atomic E-state index is 12.4. The SMILES string of the molecule is CC(NC(=O)OC(C)(C)C)C(=O)c1ccc(-c2ccccc2)cc1. The van der Waals surface area contributed by atoms with E-state index in [9.17, 15) is 9.59 Å². The fraction of sp³-hybridized carbons (Fsp3) is 0.300. The summed E-state index contributed by atoms with van der Waals surface area (Å²) in [5.41, 5.74) is 2.10. The third kappa shape index (κ3) is 4.95. The van der Waals surface area contributed by atoms with Crippen LogP contribution in [0.25, 0.3) is 11.1 Å². The van der Waals surface area contributed by atoms with Crippen LogP contribution in [0, 0.1) is 0 Å². The van der Waals surface area contributed by atoms with Crippen LogP contribution in [0.15, 0.2) is 54.6 Å². The molecule has 0 bridgehead atoms. The van der Waals surface area contributed by atoms with Crippen molar-refractivity contribution in [3.8, 4) is 11.1 Å². The van der Waals surface area contributed by atoms with Crippen LogP contribution in [0.5, 0.6) is 0 Å². The molecule has 0 saturated carbocycles. The summed E-state index contributed by atoms with van der Waals surface area (Å²) in [6.45, 7) is 6.99. The Kier molecular flexibility index (Phi) is 5.39. The summed E-state index contributed by atoms with van der Waals surface area (Å²) in [5, 5.41) is 2.57. The molecule has 4 heteroatoms. The minimum atomic E-state index is -0.651. The van der Waals surface area contributed by atoms with Crippen molar-refractivity contribution in [3.63, 3.8) is 0 Å². The Labute approximate surface area is 142 Å². The van der Waals surface area contributed by atoms with E-state index in [1.54, 1.807) is 39.8 Å². The van der Waals surface area contributed by atoms with E-state index < -0.39 is 17.7 Å². The van der Waals surface area contributed by atoms with Gasteiger partial charge in [0.15, 0.2) is 5.78 Å². The molecule has 2 aromatic rings. The highest BCUT2D eigenvalue weighted by molar-refractivity contribution is 6.01. The minimum absolute atomic E-state index is 0.152. The summed E-state index contributed by atoms with van der Waals surface area (Å²) < 4.78 is 5.17. The largest absolute Gasteiger partial charge is 0.444 e. The normalized spacial score (nSPS) is 12.3. The molecule has 0 aliphatic carbocycles. The number of ether oxygens (including phenoxy) is 1. The van der Waals surface area contributed by atoms with Gasteiger partial charge < -0.3 is 10.1 Å². The van der Waals surface area contributed by atoms with Gasteiger partial charge in [0.2, 0.25) is 0 Å². The van der Waals surface area contributed by atoms with Gasteiger partial charge in [-0.25, -0.2) is 4.79 Å².